The second-order valence-electron chi connectivity index (χ2n) is 10.8. The standard InChI is InChI=1S/C30H39N3O8/c34-20-21-4-6-22(7-5-21)26-18-25(19-33-14-12-30(13-15-33)38-16-17-39-30)40-29(41-26)23-8-10-24(11-9-23)31-27(35)2-1-3-28(36)32-37/h4-11,25-26,29,34,37H,1-3,12-20H2,(H,31,35)(H,32,36)/t25-,26+,29+/m0/s1. The van der Waals surface area contributed by atoms with Gasteiger partial charge in [0.1, 0.15) is 0 Å². The molecule has 222 valence electrons. The summed E-state index contributed by atoms with van der Waals surface area (Å²) >= 11 is 0. The van der Waals surface area contributed by atoms with Crippen LogP contribution in [-0.2, 0) is 35.1 Å². The molecule has 11 nitrogen and oxygen atoms in total. The molecule has 0 radical (unpaired) electrons. The summed E-state index contributed by atoms with van der Waals surface area (Å²) in [6.45, 7) is 3.83. The number of likely N-dealkylation sites (tertiary alicyclic amines) is 1. The van der Waals surface area contributed by atoms with E-state index >= 15 is 0 Å². The first-order valence-electron chi connectivity index (χ1n) is 14.3. The van der Waals surface area contributed by atoms with Crippen LogP contribution in [0.4, 0.5) is 5.69 Å². The monoisotopic (exact) mass is 569 g/mol. The lowest BCUT2D eigenvalue weighted by Gasteiger charge is -2.41. The number of aliphatic hydroxyl groups is 1. The fourth-order valence-corrected chi connectivity index (χ4v) is 5.60. The summed E-state index contributed by atoms with van der Waals surface area (Å²) in [6.07, 6.45) is 2.12. The van der Waals surface area contributed by atoms with E-state index in [1.54, 1.807) is 17.6 Å². The van der Waals surface area contributed by atoms with E-state index in [0.717, 1.165) is 49.2 Å². The van der Waals surface area contributed by atoms with Crippen LogP contribution >= 0.6 is 0 Å². The number of ether oxygens (including phenoxy) is 4. The number of anilines is 1. The highest BCUT2D eigenvalue weighted by Gasteiger charge is 2.41. The lowest BCUT2D eigenvalue weighted by Crippen LogP contribution is -2.48. The number of piperidine rings is 1. The molecule has 3 aliphatic rings. The number of aliphatic hydroxyl groups excluding tert-OH is 1. The summed E-state index contributed by atoms with van der Waals surface area (Å²) in [5, 5.41) is 20.9. The highest BCUT2D eigenvalue weighted by atomic mass is 16.7. The lowest BCUT2D eigenvalue weighted by molar-refractivity contribution is -0.255. The van der Waals surface area contributed by atoms with Crippen LogP contribution < -0.4 is 10.8 Å². The zero-order valence-electron chi connectivity index (χ0n) is 23.1. The molecule has 0 bridgehead atoms. The minimum absolute atomic E-state index is 0.00900. The SMILES string of the molecule is O=C(CCCC(=O)Nc1ccc([C@@H]2O[C@H](CN3CCC4(CC3)OCCO4)C[C@H](c3ccc(CO)cc3)O2)cc1)NO. The Hall–Kier alpha value is -2.90. The molecule has 2 amide bonds. The fraction of sp³-hybridized carbons (Fsp3) is 0.533. The largest absolute Gasteiger partial charge is 0.392 e. The number of carbonyl (C=O) groups excluding carboxylic acids is 2. The maximum Gasteiger partial charge on any atom is 0.243 e. The zero-order chi connectivity index (χ0) is 28.7. The van der Waals surface area contributed by atoms with Gasteiger partial charge in [-0.15, -0.1) is 0 Å². The molecule has 0 saturated carbocycles. The van der Waals surface area contributed by atoms with Crippen molar-refractivity contribution in [3.05, 3.63) is 65.2 Å². The summed E-state index contributed by atoms with van der Waals surface area (Å²) in [4.78, 5) is 25.8. The van der Waals surface area contributed by atoms with Crippen molar-refractivity contribution < 1.29 is 38.9 Å². The van der Waals surface area contributed by atoms with E-state index in [4.69, 9.17) is 24.2 Å². The number of amides is 2. The predicted molar refractivity (Wildman–Crippen MR) is 148 cm³/mol. The Morgan fingerprint density at radius 3 is 2.22 bits per heavy atom. The normalized spacial score (nSPS) is 24.3. The van der Waals surface area contributed by atoms with Gasteiger partial charge in [0.2, 0.25) is 11.8 Å². The van der Waals surface area contributed by atoms with E-state index in [2.05, 4.69) is 10.2 Å². The first-order chi connectivity index (χ1) is 19.9. The van der Waals surface area contributed by atoms with Crippen molar-refractivity contribution in [2.75, 3.05) is 38.2 Å². The lowest BCUT2D eigenvalue weighted by atomic mass is 9.98. The van der Waals surface area contributed by atoms with Crippen molar-refractivity contribution in [1.29, 1.82) is 0 Å². The Bertz CT molecular complexity index is 1140. The maximum absolute atomic E-state index is 12.2. The number of hydrogen-bond acceptors (Lipinski definition) is 9. The van der Waals surface area contributed by atoms with Crippen LogP contribution in [0.2, 0.25) is 0 Å². The first kappa shape index (κ1) is 29.6. The molecule has 2 aromatic rings. The highest BCUT2D eigenvalue weighted by Crippen LogP contribution is 2.39. The van der Waals surface area contributed by atoms with Gasteiger partial charge in [-0.1, -0.05) is 36.4 Å². The minimum atomic E-state index is -0.587. The van der Waals surface area contributed by atoms with Crippen molar-refractivity contribution in [2.24, 2.45) is 0 Å². The Morgan fingerprint density at radius 1 is 0.902 bits per heavy atom. The third-order valence-corrected chi connectivity index (χ3v) is 7.91. The van der Waals surface area contributed by atoms with E-state index < -0.39 is 18.0 Å². The van der Waals surface area contributed by atoms with Gasteiger partial charge in [0, 0.05) is 63.0 Å². The zero-order valence-corrected chi connectivity index (χ0v) is 23.1. The molecule has 4 N–H and O–H groups in total. The Labute approximate surface area is 239 Å². The summed E-state index contributed by atoms with van der Waals surface area (Å²) in [5.74, 6) is -1.15. The number of rotatable bonds is 10. The molecule has 11 heteroatoms. The molecule has 2 aromatic carbocycles. The smallest absolute Gasteiger partial charge is 0.243 e. The van der Waals surface area contributed by atoms with Crippen molar-refractivity contribution in [1.82, 2.24) is 10.4 Å². The van der Waals surface area contributed by atoms with E-state index in [9.17, 15) is 14.7 Å². The molecule has 3 atom stereocenters. The predicted octanol–water partition coefficient (Wildman–Crippen LogP) is 3.18. The van der Waals surface area contributed by atoms with Gasteiger partial charge in [0.05, 0.1) is 32.0 Å². The third-order valence-electron chi connectivity index (χ3n) is 7.91. The number of hydroxylamine groups is 1. The quantitative estimate of drug-likeness (QED) is 0.251. The average Bonchev–Trinajstić information content (AvgIpc) is 3.46. The molecular formula is C30H39N3O8. The van der Waals surface area contributed by atoms with Gasteiger partial charge in [-0.25, -0.2) is 5.48 Å². The number of hydrogen-bond donors (Lipinski definition) is 4. The molecular weight excluding hydrogens is 530 g/mol. The molecule has 0 aliphatic carbocycles. The Morgan fingerprint density at radius 2 is 1.56 bits per heavy atom. The maximum atomic E-state index is 12.2. The number of benzene rings is 2. The summed E-state index contributed by atoms with van der Waals surface area (Å²) in [5.41, 5.74) is 4.92. The van der Waals surface area contributed by atoms with Crippen molar-refractivity contribution >= 4 is 17.5 Å². The van der Waals surface area contributed by atoms with E-state index in [1.807, 2.05) is 36.4 Å². The number of nitrogens with one attached hydrogen (secondary N) is 2. The Balaban J connectivity index is 1.22. The van der Waals surface area contributed by atoms with Gasteiger partial charge in [-0.05, 0) is 29.7 Å². The number of carbonyl (C=O) groups is 2. The van der Waals surface area contributed by atoms with Crippen LogP contribution in [0.25, 0.3) is 0 Å². The molecule has 3 saturated heterocycles. The van der Waals surface area contributed by atoms with Gasteiger partial charge in [0.15, 0.2) is 12.1 Å². The molecule has 1 spiro atoms. The number of nitrogens with zero attached hydrogens (tertiary/aromatic N) is 1. The van der Waals surface area contributed by atoms with Gasteiger partial charge in [0.25, 0.3) is 0 Å². The third kappa shape index (κ3) is 7.89. The molecule has 3 aliphatic heterocycles. The molecule has 0 aromatic heterocycles. The van der Waals surface area contributed by atoms with Crippen LogP contribution in [0.1, 0.15) is 67.6 Å². The van der Waals surface area contributed by atoms with Crippen LogP contribution in [0.5, 0.6) is 0 Å². The van der Waals surface area contributed by atoms with Crippen molar-refractivity contribution in [2.45, 2.75) is 69.4 Å². The summed E-state index contributed by atoms with van der Waals surface area (Å²) in [6, 6.07) is 15.2. The first-order valence-corrected chi connectivity index (χ1v) is 14.3. The van der Waals surface area contributed by atoms with E-state index in [1.165, 1.54) is 0 Å². The topological polar surface area (TPSA) is 139 Å². The summed E-state index contributed by atoms with van der Waals surface area (Å²) < 4.78 is 24.7. The van der Waals surface area contributed by atoms with Crippen molar-refractivity contribution in [3.63, 3.8) is 0 Å². The molecule has 3 heterocycles. The average molecular weight is 570 g/mol. The molecule has 3 fully saturated rings. The van der Waals surface area contributed by atoms with Gasteiger partial charge in [-0.2, -0.15) is 0 Å². The van der Waals surface area contributed by atoms with Gasteiger partial charge in [-0.3, -0.25) is 14.8 Å². The van der Waals surface area contributed by atoms with Crippen molar-refractivity contribution in [3.8, 4) is 0 Å². The summed E-state index contributed by atoms with van der Waals surface area (Å²) in [7, 11) is 0. The van der Waals surface area contributed by atoms with Crippen LogP contribution in [0, 0.1) is 0 Å². The van der Waals surface area contributed by atoms with Crippen LogP contribution in [0.15, 0.2) is 48.5 Å². The van der Waals surface area contributed by atoms with Crippen LogP contribution in [0.3, 0.4) is 0 Å². The van der Waals surface area contributed by atoms with Crippen LogP contribution in [-0.4, -0.2) is 71.8 Å². The van der Waals surface area contributed by atoms with E-state index in [0.29, 0.717) is 31.7 Å². The van der Waals surface area contributed by atoms with Gasteiger partial charge < -0.3 is 34.3 Å². The minimum Gasteiger partial charge on any atom is -0.392 e. The fourth-order valence-electron chi connectivity index (χ4n) is 5.60. The van der Waals surface area contributed by atoms with Gasteiger partial charge >= 0.3 is 0 Å². The highest BCUT2D eigenvalue weighted by molar-refractivity contribution is 5.91. The molecule has 5 rings (SSSR count). The molecule has 41 heavy (non-hydrogen) atoms. The second-order valence-corrected chi connectivity index (χ2v) is 10.8. The Kier molecular flexibility index (Phi) is 9.99. The molecule has 0 unspecified atom stereocenters. The van der Waals surface area contributed by atoms with E-state index in [-0.39, 0.29) is 37.6 Å². The second kappa shape index (κ2) is 13.8.